The minimum atomic E-state index is -0.238. The predicted molar refractivity (Wildman–Crippen MR) is 97.5 cm³/mol. The summed E-state index contributed by atoms with van der Waals surface area (Å²) in [6.07, 6.45) is 1.14. The second kappa shape index (κ2) is 8.98. The summed E-state index contributed by atoms with van der Waals surface area (Å²) >= 11 is 0. The van der Waals surface area contributed by atoms with Gasteiger partial charge in [-0.25, -0.2) is 0 Å². The average Bonchev–Trinajstić information content (AvgIpc) is 2.93. The van der Waals surface area contributed by atoms with Gasteiger partial charge in [-0.05, 0) is 32.6 Å². The lowest BCUT2D eigenvalue weighted by atomic mass is 10.1. The Morgan fingerprint density at radius 1 is 1.20 bits per heavy atom. The maximum absolute atomic E-state index is 12.1. The minimum Gasteiger partial charge on any atom is -0.351 e. The van der Waals surface area contributed by atoms with Gasteiger partial charge in [-0.1, -0.05) is 30.3 Å². The molecule has 7 nitrogen and oxygen atoms in total. The van der Waals surface area contributed by atoms with Crippen LogP contribution in [0, 0.1) is 0 Å². The van der Waals surface area contributed by atoms with E-state index < -0.39 is 0 Å². The summed E-state index contributed by atoms with van der Waals surface area (Å²) in [4.78, 5) is 26.3. The van der Waals surface area contributed by atoms with Crippen LogP contribution in [0.3, 0.4) is 0 Å². The first-order valence-electron chi connectivity index (χ1n) is 8.26. The summed E-state index contributed by atoms with van der Waals surface area (Å²) in [5.41, 5.74) is 1.23. The van der Waals surface area contributed by atoms with Crippen LogP contribution < -0.4 is 10.6 Å². The number of rotatable bonds is 8. The topological polar surface area (TPSA) is 79.3 Å². The molecule has 1 heterocycles. The molecular formula is C18H25N5O2. The lowest BCUT2D eigenvalue weighted by Crippen LogP contribution is -2.27. The van der Waals surface area contributed by atoms with E-state index in [1.165, 1.54) is 4.68 Å². The molecule has 2 aromatic rings. The highest BCUT2D eigenvalue weighted by molar-refractivity contribution is 5.95. The molecule has 0 unspecified atom stereocenters. The third-order valence-corrected chi connectivity index (χ3v) is 3.66. The van der Waals surface area contributed by atoms with E-state index in [9.17, 15) is 9.59 Å². The van der Waals surface area contributed by atoms with Crippen LogP contribution in [0.4, 0.5) is 5.82 Å². The summed E-state index contributed by atoms with van der Waals surface area (Å²) in [5, 5.41) is 9.79. The van der Waals surface area contributed by atoms with Crippen LogP contribution >= 0.6 is 0 Å². The lowest BCUT2D eigenvalue weighted by molar-refractivity contribution is -0.115. The third-order valence-electron chi connectivity index (χ3n) is 3.66. The van der Waals surface area contributed by atoms with Crippen molar-refractivity contribution in [1.29, 1.82) is 0 Å². The van der Waals surface area contributed by atoms with Crippen molar-refractivity contribution in [3.63, 3.8) is 0 Å². The van der Waals surface area contributed by atoms with Crippen LogP contribution in [0.5, 0.6) is 0 Å². The number of nitrogens with one attached hydrogen (secondary N) is 2. The molecule has 0 spiro atoms. The molecule has 0 atom stereocenters. The third kappa shape index (κ3) is 6.04. The smallest absolute Gasteiger partial charge is 0.271 e. The maximum Gasteiger partial charge on any atom is 0.271 e. The van der Waals surface area contributed by atoms with E-state index in [4.69, 9.17) is 0 Å². The molecule has 0 aliphatic carbocycles. The van der Waals surface area contributed by atoms with Gasteiger partial charge in [0.15, 0.2) is 5.69 Å². The van der Waals surface area contributed by atoms with Crippen LogP contribution in [-0.4, -0.2) is 53.7 Å². The van der Waals surface area contributed by atoms with Crippen molar-refractivity contribution in [3.05, 3.63) is 47.7 Å². The predicted octanol–water partition coefficient (Wildman–Crippen LogP) is 1.28. The molecule has 25 heavy (non-hydrogen) atoms. The molecule has 2 rings (SSSR count). The number of hydrogen-bond donors (Lipinski definition) is 2. The molecule has 0 radical (unpaired) electrons. The number of benzene rings is 1. The minimum absolute atomic E-state index is 0.146. The number of hydrogen-bond acceptors (Lipinski definition) is 4. The molecule has 0 saturated heterocycles. The Morgan fingerprint density at radius 2 is 1.92 bits per heavy atom. The van der Waals surface area contributed by atoms with Gasteiger partial charge in [0, 0.05) is 19.7 Å². The highest BCUT2D eigenvalue weighted by Gasteiger charge is 2.14. The molecule has 1 aromatic heterocycles. The van der Waals surface area contributed by atoms with E-state index in [-0.39, 0.29) is 18.2 Å². The normalized spacial score (nSPS) is 10.7. The zero-order chi connectivity index (χ0) is 18.2. The molecule has 0 saturated carbocycles. The van der Waals surface area contributed by atoms with Gasteiger partial charge in [0.05, 0.1) is 6.42 Å². The fraction of sp³-hybridized carbons (Fsp3) is 0.389. The quantitative estimate of drug-likeness (QED) is 0.708. The van der Waals surface area contributed by atoms with Crippen molar-refractivity contribution >= 4 is 17.6 Å². The van der Waals surface area contributed by atoms with Crippen LogP contribution in [-0.2, 0) is 18.3 Å². The van der Waals surface area contributed by atoms with Gasteiger partial charge in [0.2, 0.25) is 5.91 Å². The molecule has 0 aliphatic rings. The zero-order valence-corrected chi connectivity index (χ0v) is 15.0. The van der Waals surface area contributed by atoms with Gasteiger partial charge in [0.25, 0.3) is 5.91 Å². The first-order chi connectivity index (χ1) is 12.0. The molecular weight excluding hydrogens is 318 g/mol. The molecule has 2 N–H and O–H groups in total. The van der Waals surface area contributed by atoms with E-state index in [0.717, 1.165) is 18.5 Å². The van der Waals surface area contributed by atoms with Crippen LogP contribution in [0.15, 0.2) is 36.4 Å². The molecule has 0 fully saturated rings. The number of carbonyl (C=O) groups is 2. The largest absolute Gasteiger partial charge is 0.351 e. The van der Waals surface area contributed by atoms with Crippen molar-refractivity contribution < 1.29 is 9.59 Å². The Hall–Kier alpha value is -2.67. The van der Waals surface area contributed by atoms with Crippen molar-refractivity contribution in [2.24, 2.45) is 7.05 Å². The first kappa shape index (κ1) is 18.7. The summed E-state index contributed by atoms with van der Waals surface area (Å²) < 4.78 is 1.50. The van der Waals surface area contributed by atoms with Gasteiger partial charge in [-0.3, -0.25) is 14.3 Å². The average molecular weight is 343 g/mol. The molecule has 2 amide bonds. The van der Waals surface area contributed by atoms with Crippen molar-refractivity contribution in [2.75, 3.05) is 32.5 Å². The number of anilines is 1. The SMILES string of the molecule is CN(C)CCCNC(=O)c1cc(NC(=O)Cc2ccccc2)n(C)n1. The van der Waals surface area contributed by atoms with Crippen LogP contribution in [0.2, 0.25) is 0 Å². The van der Waals surface area contributed by atoms with Crippen molar-refractivity contribution in [2.45, 2.75) is 12.8 Å². The van der Waals surface area contributed by atoms with Crippen molar-refractivity contribution in [3.8, 4) is 0 Å². The van der Waals surface area contributed by atoms with E-state index in [1.54, 1.807) is 13.1 Å². The molecule has 0 aliphatic heterocycles. The lowest BCUT2D eigenvalue weighted by Gasteiger charge is -2.09. The Kier molecular flexibility index (Phi) is 6.71. The van der Waals surface area contributed by atoms with Gasteiger partial charge in [0.1, 0.15) is 5.82 Å². The molecule has 134 valence electrons. The maximum atomic E-state index is 12.1. The molecule has 7 heteroatoms. The second-order valence-electron chi connectivity index (χ2n) is 6.16. The fourth-order valence-corrected chi connectivity index (χ4v) is 2.35. The van der Waals surface area contributed by atoms with Gasteiger partial charge in [-0.15, -0.1) is 0 Å². The van der Waals surface area contributed by atoms with E-state index in [1.807, 2.05) is 44.4 Å². The second-order valence-corrected chi connectivity index (χ2v) is 6.16. The summed E-state index contributed by atoms with van der Waals surface area (Å²) in [6.45, 7) is 1.49. The highest BCUT2D eigenvalue weighted by atomic mass is 16.2. The monoisotopic (exact) mass is 343 g/mol. The fourth-order valence-electron chi connectivity index (χ4n) is 2.35. The highest BCUT2D eigenvalue weighted by Crippen LogP contribution is 2.10. The van der Waals surface area contributed by atoms with Crippen LogP contribution in [0.25, 0.3) is 0 Å². The number of carbonyl (C=O) groups excluding carboxylic acids is 2. The Bertz CT molecular complexity index is 710. The first-order valence-corrected chi connectivity index (χ1v) is 8.26. The Balaban J connectivity index is 1.88. The standard InChI is InChI=1S/C18H25N5O2/c1-22(2)11-7-10-19-18(25)15-13-16(23(3)21-15)20-17(24)12-14-8-5-4-6-9-14/h4-6,8-9,13H,7,10-12H2,1-3H3,(H,19,25)(H,20,24). The number of nitrogens with zero attached hydrogens (tertiary/aromatic N) is 3. The molecule has 1 aromatic carbocycles. The van der Waals surface area contributed by atoms with E-state index in [2.05, 4.69) is 20.6 Å². The number of amides is 2. The number of aromatic nitrogens is 2. The summed E-state index contributed by atoms with van der Waals surface area (Å²) in [6, 6.07) is 11.1. The van der Waals surface area contributed by atoms with E-state index in [0.29, 0.717) is 18.1 Å². The molecule has 0 bridgehead atoms. The summed E-state index contributed by atoms with van der Waals surface area (Å²) in [7, 11) is 5.68. The summed E-state index contributed by atoms with van der Waals surface area (Å²) in [5.74, 6) is 0.115. The van der Waals surface area contributed by atoms with Gasteiger partial charge in [-0.2, -0.15) is 5.10 Å². The van der Waals surface area contributed by atoms with E-state index >= 15 is 0 Å². The van der Waals surface area contributed by atoms with Crippen molar-refractivity contribution in [1.82, 2.24) is 20.0 Å². The van der Waals surface area contributed by atoms with Gasteiger partial charge < -0.3 is 15.5 Å². The van der Waals surface area contributed by atoms with Crippen LogP contribution in [0.1, 0.15) is 22.5 Å². The Morgan fingerprint density at radius 3 is 2.60 bits per heavy atom. The number of aryl methyl sites for hydroxylation is 1. The zero-order valence-electron chi connectivity index (χ0n) is 15.0. The Labute approximate surface area is 148 Å². The van der Waals surface area contributed by atoms with Gasteiger partial charge >= 0.3 is 0 Å².